The fraction of sp³-hybridized carbons (Fsp3) is 0.200. The van der Waals surface area contributed by atoms with Gasteiger partial charge in [-0.05, 0) is 0 Å². The fourth-order valence-corrected chi connectivity index (χ4v) is 1.35. The first-order valence-electron chi connectivity index (χ1n) is 4.31. The van der Waals surface area contributed by atoms with Crippen LogP contribution < -0.4 is 4.74 Å². The number of hydrogen-bond donors (Lipinski definition) is 0. The topological polar surface area (TPSA) is 93.2 Å². The Bertz CT molecular complexity index is 476. The van der Waals surface area contributed by atoms with Crippen LogP contribution in [0.1, 0.15) is 15.9 Å². The molecule has 0 spiro atoms. The lowest BCUT2D eigenvalue weighted by molar-refractivity contribution is -0.384. The molecule has 0 radical (unpaired) electrons. The summed E-state index contributed by atoms with van der Waals surface area (Å²) in [4.78, 5) is 20.7. The highest BCUT2D eigenvalue weighted by atomic mass is 16.6. The van der Waals surface area contributed by atoms with E-state index in [-0.39, 0.29) is 23.4 Å². The zero-order valence-corrected chi connectivity index (χ0v) is 8.47. The monoisotopic (exact) mass is 220 g/mol. The van der Waals surface area contributed by atoms with Crippen LogP contribution in [0.5, 0.6) is 5.75 Å². The number of benzene rings is 1. The van der Waals surface area contributed by atoms with Crippen LogP contribution in [0, 0.1) is 21.4 Å². The summed E-state index contributed by atoms with van der Waals surface area (Å²) in [5.41, 5.74) is 0.177. The van der Waals surface area contributed by atoms with Crippen molar-refractivity contribution in [2.75, 3.05) is 7.11 Å². The molecule has 0 aromatic heterocycles. The lowest BCUT2D eigenvalue weighted by atomic mass is 10.1. The third-order valence-corrected chi connectivity index (χ3v) is 1.99. The molecule has 0 aliphatic heterocycles. The second-order valence-corrected chi connectivity index (χ2v) is 2.94. The molecule has 0 unspecified atom stereocenters. The van der Waals surface area contributed by atoms with Gasteiger partial charge in [-0.3, -0.25) is 14.9 Å². The molecule has 1 aromatic rings. The molecule has 0 saturated carbocycles. The van der Waals surface area contributed by atoms with Crippen molar-refractivity contribution < 1.29 is 14.5 Å². The van der Waals surface area contributed by atoms with Gasteiger partial charge in [-0.25, -0.2) is 0 Å². The third kappa shape index (κ3) is 2.15. The maximum absolute atomic E-state index is 10.7. The average Bonchev–Trinajstić information content (AvgIpc) is 2.28. The largest absolute Gasteiger partial charge is 0.496 e. The average molecular weight is 220 g/mol. The van der Waals surface area contributed by atoms with E-state index in [0.717, 1.165) is 6.07 Å². The van der Waals surface area contributed by atoms with E-state index < -0.39 is 4.92 Å². The van der Waals surface area contributed by atoms with Crippen molar-refractivity contribution in [2.45, 2.75) is 6.42 Å². The number of methoxy groups -OCH3 is 1. The van der Waals surface area contributed by atoms with E-state index in [1.54, 1.807) is 0 Å². The summed E-state index contributed by atoms with van der Waals surface area (Å²) in [7, 11) is 1.34. The van der Waals surface area contributed by atoms with E-state index in [4.69, 9.17) is 10.00 Å². The Kier molecular flexibility index (Phi) is 3.56. The molecule has 0 N–H and O–H groups in total. The molecule has 6 heteroatoms. The smallest absolute Gasteiger partial charge is 0.270 e. The van der Waals surface area contributed by atoms with Crippen molar-refractivity contribution >= 4 is 12.0 Å². The number of ether oxygens (including phenoxy) is 1. The number of carbonyl (C=O) groups is 1. The van der Waals surface area contributed by atoms with Crippen molar-refractivity contribution in [3.05, 3.63) is 33.4 Å². The zero-order chi connectivity index (χ0) is 12.1. The SMILES string of the molecule is COc1c(C=O)cc([N+](=O)[O-])cc1CC#N. The van der Waals surface area contributed by atoms with Gasteiger partial charge in [0, 0.05) is 17.7 Å². The van der Waals surface area contributed by atoms with E-state index in [9.17, 15) is 14.9 Å². The molecule has 0 heterocycles. The summed E-state index contributed by atoms with van der Waals surface area (Å²) in [6.45, 7) is 0. The second kappa shape index (κ2) is 4.89. The standard InChI is InChI=1S/C10H8N2O4/c1-16-10-7(2-3-11)4-9(12(14)15)5-8(10)6-13/h4-6H,2H2,1H3. The van der Waals surface area contributed by atoms with Gasteiger partial charge in [0.2, 0.25) is 0 Å². The van der Waals surface area contributed by atoms with Gasteiger partial charge in [0.1, 0.15) is 5.75 Å². The molecule has 0 aliphatic rings. The van der Waals surface area contributed by atoms with Gasteiger partial charge in [-0.2, -0.15) is 5.26 Å². The summed E-state index contributed by atoms with van der Waals surface area (Å²) in [5.74, 6) is 0.210. The van der Waals surface area contributed by atoms with Gasteiger partial charge in [0.25, 0.3) is 5.69 Å². The molecule has 0 bridgehead atoms. The quantitative estimate of drug-likeness (QED) is 0.435. The molecule has 0 atom stereocenters. The molecule has 16 heavy (non-hydrogen) atoms. The highest BCUT2D eigenvalue weighted by molar-refractivity contribution is 5.82. The normalized spacial score (nSPS) is 9.25. The molecule has 82 valence electrons. The predicted octanol–water partition coefficient (Wildman–Crippen LogP) is 1.48. The minimum Gasteiger partial charge on any atom is -0.496 e. The summed E-state index contributed by atoms with van der Waals surface area (Å²) in [6.07, 6.45) is 0.415. The number of nitrogens with zero attached hydrogens (tertiary/aromatic N) is 2. The number of nitriles is 1. The maximum atomic E-state index is 10.7. The van der Waals surface area contributed by atoms with E-state index in [1.807, 2.05) is 6.07 Å². The summed E-state index contributed by atoms with van der Waals surface area (Å²) in [6, 6.07) is 4.21. The lowest BCUT2D eigenvalue weighted by Crippen LogP contribution is -1.99. The zero-order valence-electron chi connectivity index (χ0n) is 8.47. The van der Waals surface area contributed by atoms with E-state index in [2.05, 4.69) is 0 Å². The first kappa shape index (κ1) is 11.7. The molecular formula is C10H8N2O4. The molecule has 1 aromatic carbocycles. The Morgan fingerprint density at radius 2 is 2.31 bits per heavy atom. The van der Waals surface area contributed by atoms with Crippen LogP contribution in [0.15, 0.2) is 12.1 Å². The predicted molar refractivity (Wildman–Crippen MR) is 54.4 cm³/mol. The van der Waals surface area contributed by atoms with Crippen LogP contribution in [0.4, 0.5) is 5.69 Å². The van der Waals surface area contributed by atoms with Gasteiger partial charge in [0.15, 0.2) is 6.29 Å². The van der Waals surface area contributed by atoms with Crippen LogP contribution in [-0.4, -0.2) is 18.3 Å². The molecular weight excluding hydrogens is 212 g/mol. The first-order chi connectivity index (χ1) is 7.63. The number of aldehydes is 1. The van der Waals surface area contributed by atoms with Gasteiger partial charge in [-0.1, -0.05) is 0 Å². The van der Waals surface area contributed by atoms with Crippen LogP contribution in [0.3, 0.4) is 0 Å². The summed E-state index contributed by atoms with van der Waals surface area (Å²) >= 11 is 0. The number of nitro groups is 1. The van der Waals surface area contributed by atoms with Crippen molar-refractivity contribution in [1.82, 2.24) is 0 Å². The summed E-state index contributed by atoms with van der Waals surface area (Å²) in [5, 5.41) is 19.2. The Morgan fingerprint density at radius 3 is 2.75 bits per heavy atom. The number of carbonyl (C=O) groups excluding carboxylic acids is 1. The van der Waals surface area contributed by atoms with Gasteiger partial charge < -0.3 is 4.74 Å². The minimum atomic E-state index is -0.618. The number of nitro benzene ring substituents is 1. The van der Waals surface area contributed by atoms with Crippen molar-refractivity contribution in [3.8, 4) is 11.8 Å². The Balaban J connectivity index is 3.43. The van der Waals surface area contributed by atoms with E-state index >= 15 is 0 Å². The maximum Gasteiger partial charge on any atom is 0.270 e. The van der Waals surface area contributed by atoms with Gasteiger partial charge in [-0.15, -0.1) is 0 Å². The molecule has 1 rings (SSSR count). The van der Waals surface area contributed by atoms with Crippen LogP contribution in [0.25, 0.3) is 0 Å². The lowest BCUT2D eigenvalue weighted by Gasteiger charge is -2.07. The molecule has 0 fully saturated rings. The van der Waals surface area contributed by atoms with Crippen LogP contribution in [-0.2, 0) is 6.42 Å². The second-order valence-electron chi connectivity index (χ2n) is 2.94. The van der Waals surface area contributed by atoms with E-state index in [1.165, 1.54) is 13.2 Å². The molecule has 0 saturated heterocycles. The highest BCUT2D eigenvalue weighted by Gasteiger charge is 2.16. The third-order valence-electron chi connectivity index (χ3n) is 1.99. The van der Waals surface area contributed by atoms with Crippen molar-refractivity contribution in [2.24, 2.45) is 0 Å². The Hall–Kier alpha value is -2.42. The van der Waals surface area contributed by atoms with Crippen molar-refractivity contribution in [3.63, 3.8) is 0 Å². The number of non-ortho nitro benzene ring substituents is 1. The fourth-order valence-electron chi connectivity index (χ4n) is 1.35. The van der Waals surface area contributed by atoms with E-state index in [0.29, 0.717) is 11.8 Å². The minimum absolute atomic E-state index is 0.0499. The van der Waals surface area contributed by atoms with Crippen LogP contribution in [0.2, 0.25) is 0 Å². The number of hydrogen-bond acceptors (Lipinski definition) is 5. The Labute approximate surface area is 91.2 Å². The van der Waals surface area contributed by atoms with Gasteiger partial charge in [0.05, 0.1) is 30.1 Å². The Morgan fingerprint density at radius 1 is 1.62 bits per heavy atom. The molecule has 0 aliphatic carbocycles. The number of rotatable bonds is 4. The summed E-state index contributed by atoms with van der Waals surface area (Å²) < 4.78 is 4.95. The molecule has 6 nitrogen and oxygen atoms in total. The van der Waals surface area contributed by atoms with Crippen molar-refractivity contribution in [1.29, 1.82) is 5.26 Å². The van der Waals surface area contributed by atoms with Gasteiger partial charge >= 0.3 is 0 Å². The molecule has 0 amide bonds. The highest BCUT2D eigenvalue weighted by Crippen LogP contribution is 2.28. The first-order valence-corrected chi connectivity index (χ1v) is 4.31. The van der Waals surface area contributed by atoms with Crippen LogP contribution >= 0.6 is 0 Å².